The Kier molecular flexibility index (Phi) is 2.72. The summed E-state index contributed by atoms with van der Waals surface area (Å²) in [6.07, 6.45) is 3.63. The Balaban J connectivity index is 2.67. The zero-order valence-electron chi connectivity index (χ0n) is 8.02. The molecular weight excluding hydrogens is 134 g/mol. The van der Waals surface area contributed by atoms with Gasteiger partial charge in [0.05, 0.1) is 0 Å². The molecular formula is C10H19N. The molecule has 1 rings (SSSR count). The van der Waals surface area contributed by atoms with Gasteiger partial charge < -0.3 is 5.32 Å². The predicted octanol–water partition coefficient (Wildman–Crippen LogP) is 2.20. The van der Waals surface area contributed by atoms with Gasteiger partial charge in [-0.25, -0.2) is 0 Å². The van der Waals surface area contributed by atoms with Crippen LogP contribution in [-0.2, 0) is 0 Å². The number of hydrogen-bond donors (Lipinski definition) is 1. The second-order valence-electron chi connectivity index (χ2n) is 3.83. The van der Waals surface area contributed by atoms with Crippen LogP contribution in [0.15, 0.2) is 11.6 Å². The van der Waals surface area contributed by atoms with Crippen molar-refractivity contribution in [1.82, 2.24) is 5.32 Å². The lowest BCUT2D eigenvalue weighted by atomic mass is 9.80. The minimum Gasteiger partial charge on any atom is -0.316 e. The minimum absolute atomic E-state index is 0.690. The molecule has 0 bridgehead atoms. The van der Waals surface area contributed by atoms with Crippen molar-refractivity contribution in [1.29, 1.82) is 0 Å². The first-order valence-corrected chi connectivity index (χ1v) is 4.49. The maximum absolute atomic E-state index is 3.37. The summed E-state index contributed by atoms with van der Waals surface area (Å²) in [6.45, 7) is 6.86. The monoisotopic (exact) mass is 153 g/mol. The lowest BCUT2D eigenvalue weighted by Crippen LogP contribution is -2.37. The third-order valence-electron chi connectivity index (χ3n) is 2.92. The van der Waals surface area contributed by atoms with Crippen molar-refractivity contribution >= 4 is 0 Å². The fraction of sp³-hybridized carbons (Fsp3) is 0.800. The van der Waals surface area contributed by atoms with E-state index >= 15 is 0 Å². The third-order valence-corrected chi connectivity index (χ3v) is 2.92. The first kappa shape index (κ1) is 8.79. The molecule has 1 N–H and O–H groups in total. The molecule has 11 heavy (non-hydrogen) atoms. The average Bonchev–Trinajstić information content (AvgIpc) is 1.96. The molecule has 64 valence electrons. The average molecular weight is 153 g/mol. The molecule has 1 nitrogen and oxygen atoms in total. The number of nitrogens with one attached hydrogen (secondary N) is 1. The van der Waals surface area contributed by atoms with Crippen molar-refractivity contribution in [2.75, 3.05) is 7.05 Å². The van der Waals surface area contributed by atoms with Crippen LogP contribution < -0.4 is 5.32 Å². The normalized spacial score (nSPS) is 38.5. The van der Waals surface area contributed by atoms with Crippen LogP contribution in [0, 0.1) is 11.8 Å². The van der Waals surface area contributed by atoms with E-state index in [0.29, 0.717) is 6.04 Å². The summed E-state index contributed by atoms with van der Waals surface area (Å²) in [5.41, 5.74) is 1.54. The van der Waals surface area contributed by atoms with E-state index in [-0.39, 0.29) is 0 Å². The molecule has 0 aromatic rings. The van der Waals surface area contributed by atoms with Crippen LogP contribution >= 0.6 is 0 Å². The molecule has 0 saturated heterocycles. The molecule has 0 spiro atoms. The Morgan fingerprint density at radius 3 is 2.64 bits per heavy atom. The molecule has 0 aromatic heterocycles. The molecule has 1 aliphatic rings. The minimum atomic E-state index is 0.690. The van der Waals surface area contributed by atoms with Crippen LogP contribution in [0.2, 0.25) is 0 Å². The maximum atomic E-state index is 3.37. The first-order chi connectivity index (χ1) is 5.15. The Morgan fingerprint density at radius 1 is 1.45 bits per heavy atom. The van der Waals surface area contributed by atoms with E-state index in [1.807, 2.05) is 0 Å². The second kappa shape index (κ2) is 3.40. The zero-order valence-corrected chi connectivity index (χ0v) is 8.02. The summed E-state index contributed by atoms with van der Waals surface area (Å²) in [5, 5.41) is 3.37. The van der Waals surface area contributed by atoms with Crippen LogP contribution in [0.5, 0.6) is 0 Å². The summed E-state index contributed by atoms with van der Waals surface area (Å²) >= 11 is 0. The van der Waals surface area contributed by atoms with Gasteiger partial charge in [0.2, 0.25) is 0 Å². The van der Waals surface area contributed by atoms with Gasteiger partial charge in [0.15, 0.2) is 0 Å². The summed E-state index contributed by atoms with van der Waals surface area (Å²) in [7, 11) is 2.06. The molecule has 0 saturated carbocycles. The summed E-state index contributed by atoms with van der Waals surface area (Å²) in [5.74, 6) is 1.52. The lowest BCUT2D eigenvalue weighted by Gasteiger charge is -2.32. The van der Waals surface area contributed by atoms with Crippen molar-refractivity contribution in [3.8, 4) is 0 Å². The van der Waals surface area contributed by atoms with E-state index in [1.54, 1.807) is 0 Å². The molecule has 0 radical (unpaired) electrons. The highest BCUT2D eigenvalue weighted by Gasteiger charge is 2.24. The van der Waals surface area contributed by atoms with Crippen LogP contribution in [0.4, 0.5) is 0 Å². The van der Waals surface area contributed by atoms with E-state index in [0.717, 1.165) is 11.8 Å². The zero-order chi connectivity index (χ0) is 8.43. The van der Waals surface area contributed by atoms with Crippen LogP contribution in [0.3, 0.4) is 0 Å². The van der Waals surface area contributed by atoms with Gasteiger partial charge in [-0.3, -0.25) is 0 Å². The molecule has 1 aliphatic carbocycles. The predicted molar refractivity (Wildman–Crippen MR) is 49.5 cm³/mol. The summed E-state index contributed by atoms with van der Waals surface area (Å²) in [4.78, 5) is 0. The molecule has 0 aromatic carbocycles. The number of allylic oxidation sites excluding steroid dienone is 1. The van der Waals surface area contributed by atoms with Gasteiger partial charge >= 0.3 is 0 Å². The van der Waals surface area contributed by atoms with E-state index < -0.39 is 0 Å². The largest absolute Gasteiger partial charge is 0.316 e. The number of rotatable bonds is 1. The van der Waals surface area contributed by atoms with Gasteiger partial charge in [0.25, 0.3) is 0 Å². The van der Waals surface area contributed by atoms with Gasteiger partial charge in [0, 0.05) is 6.04 Å². The maximum Gasteiger partial charge on any atom is 0.0132 e. The first-order valence-electron chi connectivity index (χ1n) is 4.49. The number of hydrogen-bond acceptors (Lipinski definition) is 1. The van der Waals surface area contributed by atoms with Crippen molar-refractivity contribution in [2.24, 2.45) is 11.8 Å². The van der Waals surface area contributed by atoms with Crippen molar-refractivity contribution in [3.63, 3.8) is 0 Å². The van der Waals surface area contributed by atoms with Gasteiger partial charge in [-0.1, -0.05) is 25.5 Å². The van der Waals surface area contributed by atoms with Gasteiger partial charge in [-0.15, -0.1) is 0 Å². The third kappa shape index (κ3) is 1.84. The molecule has 0 fully saturated rings. The van der Waals surface area contributed by atoms with Crippen molar-refractivity contribution in [2.45, 2.75) is 33.2 Å². The fourth-order valence-corrected chi connectivity index (χ4v) is 1.93. The highest BCUT2D eigenvalue weighted by atomic mass is 14.9. The highest BCUT2D eigenvalue weighted by molar-refractivity contribution is 5.09. The lowest BCUT2D eigenvalue weighted by molar-refractivity contribution is 0.313. The van der Waals surface area contributed by atoms with E-state index in [1.165, 1.54) is 12.0 Å². The Morgan fingerprint density at radius 2 is 2.09 bits per heavy atom. The highest BCUT2D eigenvalue weighted by Crippen LogP contribution is 2.27. The van der Waals surface area contributed by atoms with Crippen LogP contribution in [0.25, 0.3) is 0 Å². The van der Waals surface area contributed by atoms with Gasteiger partial charge in [0.1, 0.15) is 0 Å². The van der Waals surface area contributed by atoms with Gasteiger partial charge in [-0.2, -0.15) is 0 Å². The van der Waals surface area contributed by atoms with E-state index in [2.05, 4.69) is 39.2 Å². The Labute approximate surface area is 69.9 Å². The Hall–Kier alpha value is -0.300. The molecule has 0 amide bonds. The smallest absolute Gasteiger partial charge is 0.0132 e. The van der Waals surface area contributed by atoms with Crippen molar-refractivity contribution in [3.05, 3.63) is 11.6 Å². The standard InChI is InChI=1S/C10H19N/c1-7-5-8(2)9(3)10(6-7)11-4/h5,8-11H,6H2,1-4H3. The summed E-state index contributed by atoms with van der Waals surface area (Å²) < 4.78 is 0. The topological polar surface area (TPSA) is 12.0 Å². The molecule has 0 heterocycles. The summed E-state index contributed by atoms with van der Waals surface area (Å²) in [6, 6.07) is 0.690. The fourth-order valence-electron chi connectivity index (χ4n) is 1.93. The quantitative estimate of drug-likeness (QED) is 0.569. The molecule has 1 heteroatoms. The van der Waals surface area contributed by atoms with Crippen molar-refractivity contribution < 1.29 is 0 Å². The van der Waals surface area contributed by atoms with E-state index in [9.17, 15) is 0 Å². The van der Waals surface area contributed by atoms with Crippen LogP contribution in [0.1, 0.15) is 27.2 Å². The van der Waals surface area contributed by atoms with Gasteiger partial charge in [-0.05, 0) is 32.2 Å². The SMILES string of the molecule is CNC1CC(C)=CC(C)C1C. The van der Waals surface area contributed by atoms with Crippen LogP contribution in [-0.4, -0.2) is 13.1 Å². The van der Waals surface area contributed by atoms with E-state index in [4.69, 9.17) is 0 Å². The Bertz CT molecular complexity index is 160. The second-order valence-corrected chi connectivity index (χ2v) is 3.83. The molecule has 3 atom stereocenters. The molecule has 3 unspecified atom stereocenters. The molecule has 0 aliphatic heterocycles.